The van der Waals surface area contributed by atoms with E-state index in [1.807, 2.05) is 37.4 Å². The highest BCUT2D eigenvalue weighted by atomic mass is 16.2. The standard InChI is InChI=1S/C17H29N5O2/c1-12(2)11-19-17(24)15-20-14(13-7-5-6-9-22(13)15)16(23)18-8-10-21(3)4/h12H,5-11H2,1-4H3,(H,18,23)(H,19,24). The Labute approximate surface area is 143 Å². The van der Waals surface area contributed by atoms with Crippen LogP contribution < -0.4 is 10.6 Å². The van der Waals surface area contributed by atoms with Crippen LogP contribution in [-0.4, -0.2) is 60.0 Å². The maximum atomic E-state index is 12.5. The van der Waals surface area contributed by atoms with Gasteiger partial charge in [-0.05, 0) is 39.3 Å². The molecule has 0 saturated carbocycles. The van der Waals surface area contributed by atoms with Gasteiger partial charge in [-0.25, -0.2) is 4.98 Å². The number of rotatable bonds is 7. The highest BCUT2D eigenvalue weighted by Gasteiger charge is 2.27. The van der Waals surface area contributed by atoms with Crippen LogP contribution in [0.3, 0.4) is 0 Å². The van der Waals surface area contributed by atoms with Gasteiger partial charge < -0.3 is 20.1 Å². The van der Waals surface area contributed by atoms with E-state index in [0.717, 1.165) is 38.0 Å². The van der Waals surface area contributed by atoms with Crippen molar-refractivity contribution in [3.63, 3.8) is 0 Å². The second-order valence-electron chi connectivity index (χ2n) is 7.00. The minimum absolute atomic E-state index is 0.189. The normalized spacial score (nSPS) is 13.9. The molecule has 2 amide bonds. The fourth-order valence-electron chi connectivity index (χ4n) is 2.75. The Balaban J connectivity index is 2.16. The molecule has 0 spiro atoms. The third-order valence-corrected chi connectivity index (χ3v) is 4.05. The van der Waals surface area contributed by atoms with E-state index < -0.39 is 0 Å². The number of hydrogen-bond acceptors (Lipinski definition) is 4. The minimum atomic E-state index is -0.195. The summed E-state index contributed by atoms with van der Waals surface area (Å²) in [5, 5.41) is 5.79. The quantitative estimate of drug-likeness (QED) is 0.776. The maximum absolute atomic E-state index is 12.5. The zero-order valence-corrected chi connectivity index (χ0v) is 15.2. The van der Waals surface area contributed by atoms with E-state index in [-0.39, 0.29) is 11.8 Å². The van der Waals surface area contributed by atoms with Gasteiger partial charge in [-0.2, -0.15) is 0 Å². The fraction of sp³-hybridized carbons (Fsp3) is 0.706. The van der Waals surface area contributed by atoms with Crippen LogP contribution in [-0.2, 0) is 13.0 Å². The van der Waals surface area contributed by atoms with E-state index in [9.17, 15) is 9.59 Å². The molecule has 134 valence electrons. The number of aromatic nitrogens is 2. The van der Waals surface area contributed by atoms with E-state index in [1.54, 1.807) is 0 Å². The number of carbonyl (C=O) groups is 2. The average molecular weight is 335 g/mol. The molecule has 2 N–H and O–H groups in total. The fourth-order valence-corrected chi connectivity index (χ4v) is 2.75. The van der Waals surface area contributed by atoms with E-state index in [2.05, 4.69) is 15.6 Å². The predicted molar refractivity (Wildman–Crippen MR) is 93.2 cm³/mol. The summed E-state index contributed by atoms with van der Waals surface area (Å²) in [6, 6.07) is 0. The average Bonchev–Trinajstić information content (AvgIpc) is 2.92. The first-order chi connectivity index (χ1) is 11.4. The summed E-state index contributed by atoms with van der Waals surface area (Å²) in [4.78, 5) is 31.3. The second kappa shape index (κ2) is 8.28. The highest BCUT2D eigenvalue weighted by molar-refractivity contribution is 5.97. The summed E-state index contributed by atoms with van der Waals surface area (Å²) >= 11 is 0. The lowest BCUT2D eigenvalue weighted by atomic mass is 10.1. The monoisotopic (exact) mass is 335 g/mol. The zero-order valence-electron chi connectivity index (χ0n) is 15.2. The molecule has 1 aliphatic rings. The number of carbonyl (C=O) groups excluding carboxylic acids is 2. The van der Waals surface area contributed by atoms with Crippen molar-refractivity contribution in [2.45, 2.75) is 39.7 Å². The molecule has 7 nitrogen and oxygen atoms in total. The van der Waals surface area contributed by atoms with Crippen molar-refractivity contribution in [1.29, 1.82) is 0 Å². The lowest BCUT2D eigenvalue weighted by Crippen LogP contribution is -2.32. The molecule has 1 aliphatic heterocycles. The van der Waals surface area contributed by atoms with Crippen molar-refractivity contribution in [3.8, 4) is 0 Å². The first kappa shape index (κ1) is 18.4. The van der Waals surface area contributed by atoms with Gasteiger partial charge in [-0.15, -0.1) is 0 Å². The lowest BCUT2D eigenvalue weighted by molar-refractivity contribution is 0.0933. The summed E-state index contributed by atoms with van der Waals surface area (Å²) in [6.45, 7) is 6.77. The predicted octanol–water partition coefficient (Wildman–Crippen LogP) is 0.897. The molecular formula is C17H29N5O2. The number of imidazole rings is 1. The lowest BCUT2D eigenvalue weighted by Gasteiger charge is -2.17. The van der Waals surface area contributed by atoms with Crippen molar-refractivity contribution in [2.75, 3.05) is 33.7 Å². The number of likely N-dealkylation sites (N-methyl/N-ethyl adjacent to an activating group) is 1. The molecule has 0 radical (unpaired) electrons. The first-order valence-electron chi connectivity index (χ1n) is 8.70. The molecule has 0 aromatic carbocycles. The SMILES string of the molecule is CC(C)CNC(=O)c1nc(C(=O)NCCN(C)C)c2n1CCCC2. The Morgan fingerprint density at radius 3 is 2.62 bits per heavy atom. The van der Waals surface area contributed by atoms with E-state index >= 15 is 0 Å². The van der Waals surface area contributed by atoms with E-state index in [1.165, 1.54) is 0 Å². The third kappa shape index (κ3) is 4.56. The molecule has 0 aliphatic carbocycles. The number of fused-ring (bicyclic) bond motifs is 1. The van der Waals surface area contributed by atoms with Crippen molar-refractivity contribution >= 4 is 11.8 Å². The summed E-state index contributed by atoms with van der Waals surface area (Å²) in [7, 11) is 3.92. The molecule has 1 aromatic heterocycles. The molecule has 1 aromatic rings. The number of hydrogen-bond donors (Lipinski definition) is 2. The van der Waals surface area contributed by atoms with Gasteiger partial charge in [0.15, 0.2) is 5.82 Å². The molecule has 24 heavy (non-hydrogen) atoms. The van der Waals surface area contributed by atoms with Gasteiger partial charge in [-0.3, -0.25) is 9.59 Å². The van der Waals surface area contributed by atoms with Crippen LogP contribution in [0.5, 0.6) is 0 Å². The zero-order chi connectivity index (χ0) is 17.7. The largest absolute Gasteiger partial charge is 0.349 e. The maximum Gasteiger partial charge on any atom is 0.287 e. The summed E-state index contributed by atoms with van der Waals surface area (Å²) in [5.74, 6) is 0.353. The second-order valence-corrected chi connectivity index (χ2v) is 7.00. The molecule has 2 rings (SSSR count). The number of amides is 2. The minimum Gasteiger partial charge on any atom is -0.349 e. The molecule has 0 atom stereocenters. The van der Waals surface area contributed by atoms with Gasteiger partial charge in [-0.1, -0.05) is 13.8 Å². The molecule has 2 heterocycles. The number of nitrogens with one attached hydrogen (secondary N) is 2. The van der Waals surface area contributed by atoms with Gasteiger partial charge in [0.25, 0.3) is 11.8 Å². The van der Waals surface area contributed by atoms with Crippen LogP contribution in [0, 0.1) is 5.92 Å². The van der Waals surface area contributed by atoms with Crippen LogP contribution in [0.2, 0.25) is 0 Å². The van der Waals surface area contributed by atoms with Crippen LogP contribution in [0.25, 0.3) is 0 Å². The van der Waals surface area contributed by atoms with Crippen molar-refractivity contribution in [2.24, 2.45) is 5.92 Å². The molecule has 0 fully saturated rings. The topological polar surface area (TPSA) is 79.3 Å². The molecular weight excluding hydrogens is 306 g/mol. The molecule has 0 bridgehead atoms. The van der Waals surface area contributed by atoms with Gasteiger partial charge in [0, 0.05) is 26.2 Å². The van der Waals surface area contributed by atoms with Crippen LogP contribution >= 0.6 is 0 Å². The Kier molecular flexibility index (Phi) is 6.36. The Bertz CT molecular complexity index is 592. The Morgan fingerprint density at radius 2 is 1.96 bits per heavy atom. The van der Waals surface area contributed by atoms with Crippen LogP contribution in [0.15, 0.2) is 0 Å². The van der Waals surface area contributed by atoms with Gasteiger partial charge in [0.05, 0.1) is 5.69 Å². The van der Waals surface area contributed by atoms with Gasteiger partial charge >= 0.3 is 0 Å². The molecule has 7 heteroatoms. The van der Waals surface area contributed by atoms with Gasteiger partial charge in [0.1, 0.15) is 5.69 Å². The van der Waals surface area contributed by atoms with Gasteiger partial charge in [0.2, 0.25) is 0 Å². The Morgan fingerprint density at radius 1 is 1.21 bits per heavy atom. The summed E-state index contributed by atoms with van der Waals surface area (Å²) in [5.41, 5.74) is 1.29. The van der Waals surface area contributed by atoms with Crippen LogP contribution in [0.4, 0.5) is 0 Å². The molecule has 0 unspecified atom stereocenters. The number of nitrogens with zero attached hydrogens (tertiary/aromatic N) is 3. The van der Waals surface area contributed by atoms with Crippen LogP contribution in [0.1, 0.15) is 53.5 Å². The van der Waals surface area contributed by atoms with Crippen molar-refractivity contribution in [3.05, 3.63) is 17.2 Å². The summed E-state index contributed by atoms with van der Waals surface area (Å²) < 4.78 is 1.92. The van der Waals surface area contributed by atoms with Crippen molar-refractivity contribution < 1.29 is 9.59 Å². The highest BCUT2D eigenvalue weighted by Crippen LogP contribution is 2.21. The first-order valence-corrected chi connectivity index (χ1v) is 8.70. The molecule has 0 saturated heterocycles. The van der Waals surface area contributed by atoms with E-state index in [4.69, 9.17) is 0 Å². The van der Waals surface area contributed by atoms with Crippen molar-refractivity contribution in [1.82, 2.24) is 25.1 Å². The Hall–Kier alpha value is -1.89. The third-order valence-electron chi connectivity index (χ3n) is 4.05. The summed E-state index contributed by atoms with van der Waals surface area (Å²) in [6.07, 6.45) is 2.83. The smallest absolute Gasteiger partial charge is 0.287 e. The van der Waals surface area contributed by atoms with E-state index in [0.29, 0.717) is 30.5 Å².